The summed E-state index contributed by atoms with van der Waals surface area (Å²) in [5, 5.41) is 3.99. The predicted octanol–water partition coefficient (Wildman–Crippen LogP) is 6.46. The molecule has 1 N–H and O–H groups in total. The number of halogens is 3. The highest BCUT2D eigenvalue weighted by atomic mass is 35.5. The zero-order valence-electron chi connectivity index (χ0n) is 17.5. The highest BCUT2D eigenvalue weighted by Crippen LogP contribution is 2.30. The monoisotopic (exact) mass is 488 g/mol. The van der Waals surface area contributed by atoms with Crippen molar-refractivity contribution in [3.8, 4) is 0 Å². The van der Waals surface area contributed by atoms with Crippen molar-refractivity contribution >= 4 is 52.3 Å². The molecule has 0 aromatic heterocycles. The Kier molecular flexibility index (Phi) is 8.57. The van der Waals surface area contributed by atoms with Crippen molar-refractivity contribution in [1.82, 2.24) is 4.90 Å². The molecular formula is C25H23Cl3N2O2. The van der Waals surface area contributed by atoms with Gasteiger partial charge in [-0.1, -0.05) is 83.3 Å². The summed E-state index contributed by atoms with van der Waals surface area (Å²) in [6.45, 7) is 2.10. The molecule has 0 fully saturated rings. The van der Waals surface area contributed by atoms with Crippen LogP contribution in [0.1, 0.15) is 24.0 Å². The molecule has 3 aromatic carbocycles. The number of likely N-dealkylation sites (N-methyl/N-ethyl adjacent to an activating group) is 1. The molecule has 0 aliphatic rings. The lowest BCUT2D eigenvalue weighted by atomic mass is 9.90. The third-order valence-electron chi connectivity index (χ3n) is 5.11. The fraction of sp³-hybridized carbons (Fsp3) is 0.200. The molecular weight excluding hydrogens is 467 g/mol. The van der Waals surface area contributed by atoms with Crippen LogP contribution in [0.3, 0.4) is 0 Å². The summed E-state index contributed by atoms with van der Waals surface area (Å²) < 4.78 is 0. The molecule has 1 unspecified atom stereocenters. The van der Waals surface area contributed by atoms with Gasteiger partial charge < -0.3 is 10.2 Å². The standard InChI is InChI=1S/C25H23Cl3N2O2/c1-2-30(16-23(31)29-24-21(27)9-6-10-22(24)28)25(32)20(15-17-7-4-3-5-8-17)18-11-13-19(26)14-12-18/h3-14,20H,2,15-16H2,1H3,(H,29,31). The number of benzene rings is 3. The Balaban J connectivity index is 1.81. The van der Waals surface area contributed by atoms with Gasteiger partial charge in [0.15, 0.2) is 0 Å². The predicted molar refractivity (Wildman–Crippen MR) is 132 cm³/mol. The highest BCUT2D eigenvalue weighted by molar-refractivity contribution is 6.39. The summed E-state index contributed by atoms with van der Waals surface area (Å²) >= 11 is 18.3. The lowest BCUT2D eigenvalue weighted by molar-refractivity contribution is -0.135. The fourth-order valence-corrected chi connectivity index (χ4v) is 4.05. The number of anilines is 1. The number of rotatable bonds is 8. The summed E-state index contributed by atoms with van der Waals surface area (Å²) in [4.78, 5) is 27.8. The molecule has 3 aromatic rings. The third-order valence-corrected chi connectivity index (χ3v) is 5.99. The quantitative estimate of drug-likeness (QED) is 0.395. The molecule has 0 bridgehead atoms. The number of hydrogen-bond acceptors (Lipinski definition) is 2. The van der Waals surface area contributed by atoms with Crippen LogP contribution >= 0.6 is 34.8 Å². The van der Waals surface area contributed by atoms with E-state index in [4.69, 9.17) is 34.8 Å². The molecule has 3 rings (SSSR count). The van der Waals surface area contributed by atoms with Gasteiger partial charge in [-0.15, -0.1) is 0 Å². The Morgan fingerprint density at radius 3 is 2.09 bits per heavy atom. The second-order valence-electron chi connectivity index (χ2n) is 7.29. The van der Waals surface area contributed by atoms with Gasteiger partial charge in [0.1, 0.15) is 0 Å². The van der Waals surface area contributed by atoms with Gasteiger partial charge in [0.2, 0.25) is 11.8 Å². The third kappa shape index (κ3) is 6.26. The SMILES string of the molecule is CCN(CC(=O)Nc1c(Cl)cccc1Cl)C(=O)C(Cc1ccccc1)c1ccc(Cl)cc1. The largest absolute Gasteiger partial charge is 0.333 e. The lowest BCUT2D eigenvalue weighted by Crippen LogP contribution is -2.41. The summed E-state index contributed by atoms with van der Waals surface area (Å²) in [7, 11) is 0. The Morgan fingerprint density at radius 1 is 0.875 bits per heavy atom. The maximum Gasteiger partial charge on any atom is 0.244 e. The van der Waals surface area contributed by atoms with Gasteiger partial charge in [0.05, 0.1) is 28.2 Å². The van der Waals surface area contributed by atoms with E-state index in [9.17, 15) is 9.59 Å². The zero-order valence-corrected chi connectivity index (χ0v) is 19.8. The van der Waals surface area contributed by atoms with Crippen molar-refractivity contribution in [2.24, 2.45) is 0 Å². The van der Waals surface area contributed by atoms with Crippen LogP contribution in [-0.4, -0.2) is 29.8 Å². The smallest absolute Gasteiger partial charge is 0.244 e. The van der Waals surface area contributed by atoms with Crippen molar-refractivity contribution in [1.29, 1.82) is 0 Å². The van der Waals surface area contributed by atoms with Gasteiger partial charge in [-0.3, -0.25) is 9.59 Å². The highest BCUT2D eigenvalue weighted by Gasteiger charge is 2.27. The maximum absolute atomic E-state index is 13.5. The van der Waals surface area contributed by atoms with E-state index in [-0.39, 0.29) is 18.4 Å². The molecule has 32 heavy (non-hydrogen) atoms. The number of carbonyl (C=O) groups excluding carboxylic acids is 2. The first-order chi connectivity index (χ1) is 15.4. The molecule has 166 valence electrons. The zero-order chi connectivity index (χ0) is 23.1. The van der Waals surface area contributed by atoms with E-state index in [1.165, 1.54) is 4.90 Å². The maximum atomic E-state index is 13.5. The summed E-state index contributed by atoms with van der Waals surface area (Å²) in [5.41, 5.74) is 2.21. The van der Waals surface area contributed by atoms with Crippen LogP contribution in [0, 0.1) is 0 Å². The van der Waals surface area contributed by atoms with Gasteiger partial charge in [0.25, 0.3) is 0 Å². The second-order valence-corrected chi connectivity index (χ2v) is 8.54. The van der Waals surface area contributed by atoms with Crippen LogP contribution in [0.15, 0.2) is 72.8 Å². The average molecular weight is 490 g/mol. The van der Waals surface area contributed by atoms with Gasteiger partial charge in [-0.25, -0.2) is 0 Å². The van der Waals surface area contributed by atoms with Gasteiger partial charge in [-0.05, 0) is 48.7 Å². The number of amides is 2. The summed E-state index contributed by atoms with van der Waals surface area (Å²) in [6.07, 6.45) is 0.510. The number of nitrogens with zero attached hydrogens (tertiary/aromatic N) is 1. The number of carbonyl (C=O) groups is 2. The molecule has 0 saturated heterocycles. The topological polar surface area (TPSA) is 49.4 Å². The molecule has 0 radical (unpaired) electrons. The molecule has 0 saturated carbocycles. The van der Waals surface area contributed by atoms with Crippen LogP contribution in [0.4, 0.5) is 5.69 Å². The van der Waals surface area contributed by atoms with Crippen molar-refractivity contribution in [2.45, 2.75) is 19.3 Å². The minimum atomic E-state index is -0.452. The first-order valence-corrected chi connectivity index (χ1v) is 11.3. The first kappa shape index (κ1) is 24.1. The minimum Gasteiger partial charge on any atom is -0.333 e. The van der Waals surface area contributed by atoms with Crippen molar-refractivity contribution in [3.05, 3.63) is 99.0 Å². The van der Waals surface area contributed by atoms with E-state index in [0.29, 0.717) is 33.7 Å². The van der Waals surface area contributed by atoms with Crippen LogP contribution < -0.4 is 5.32 Å². The van der Waals surface area contributed by atoms with Crippen molar-refractivity contribution < 1.29 is 9.59 Å². The molecule has 0 aliphatic carbocycles. The molecule has 0 aliphatic heterocycles. The lowest BCUT2D eigenvalue weighted by Gasteiger charge is -2.26. The normalized spacial score (nSPS) is 11.6. The summed E-state index contributed by atoms with van der Waals surface area (Å²) in [6, 6.07) is 22.0. The number of para-hydroxylation sites is 1. The minimum absolute atomic E-state index is 0.115. The Bertz CT molecular complexity index is 1050. The Hall–Kier alpha value is -2.53. The average Bonchev–Trinajstić information content (AvgIpc) is 2.79. The first-order valence-electron chi connectivity index (χ1n) is 10.2. The van der Waals surface area contributed by atoms with Crippen LogP contribution in [0.25, 0.3) is 0 Å². The Morgan fingerprint density at radius 2 is 1.50 bits per heavy atom. The van der Waals surface area contributed by atoms with E-state index in [0.717, 1.165) is 11.1 Å². The molecule has 7 heteroatoms. The molecule has 0 heterocycles. The molecule has 4 nitrogen and oxygen atoms in total. The molecule has 0 spiro atoms. The van der Waals surface area contributed by atoms with Crippen LogP contribution in [0.2, 0.25) is 15.1 Å². The van der Waals surface area contributed by atoms with Crippen molar-refractivity contribution in [3.63, 3.8) is 0 Å². The van der Waals surface area contributed by atoms with E-state index >= 15 is 0 Å². The van der Waals surface area contributed by atoms with Crippen molar-refractivity contribution in [2.75, 3.05) is 18.4 Å². The van der Waals surface area contributed by atoms with Gasteiger partial charge in [-0.2, -0.15) is 0 Å². The van der Waals surface area contributed by atoms with E-state index in [2.05, 4.69) is 5.32 Å². The molecule has 1 atom stereocenters. The molecule has 2 amide bonds. The Labute approximate surface area is 203 Å². The van der Waals surface area contributed by atoms with Crippen LogP contribution in [0.5, 0.6) is 0 Å². The van der Waals surface area contributed by atoms with E-state index < -0.39 is 5.92 Å². The van der Waals surface area contributed by atoms with Gasteiger partial charge >= 0.3 is 0 Å². The summed E-state index contributed by atoms with van der Waals surface area (Å²) in [5.74, 6) is -0.963. The number of hydrogen-bond donors (Lipinski definition) is 1. The fourth-order valence-electron chi connectivity index (χ4n) is 3.43. The van der Waals surface area contributed by atoms with Gasteiger partial charge in [0, 0.05) is 11.6 Å². The second kappa shape index (κ2) is 11.4. The van der Waals surface area contributed by atoms with E-state index in [1.54, 1.807) is 30.3 Å². The van der Waals surface area contributed by atoms with E-state index in [1.807, 2.05) is 49.4 Å². The van der Waals surface area contributed by atoms with Crippen LogP contribution in [-0.2, 0) is 16.0 Å². The number of nitrogens with one attached hydrogen (secondary N) is 1.